The maximum Gasteiger partial charge on any atom is 0.387 e. The van der Waals surface area contributed by atoms with Gasteiger partial charge in [-0.25, -0.2) is 13.2 Å². The van der Waals surface area contributed by atoms with Crippen molar-refractivity contribution < 1.29 is 26.7 Å². The van der Waals surface area contributed by atoms with Crippen molar-refractivity contribution in [1.82, 2.24) is 0 Å². The van der Waals surface area contributed by atoms with Crippen molar-refractivity contribution in [3.63, 3.8) is 0 Å². The maximum absolute atomic E-state index is 13.5. The average molecular weight is 274 g/mol. The van der Waals surface area contributed by atoms with Gasteiger partial charge < -0.3 is 4.74 Å². The summed E-state index contributed by atoms with van der Waals surface area (Å²) in [7, 11) is 0. The molecule has 1 nitrogen and oxygen atoms in total. The molecule has 6 heteroatoms. The molecule has 0 unspecified atom stereocenters. The minimum Gasteiger partial charge on any atom is -0.435 e. The molecule has 19 heavy (non-hydrogen) atoms. The number of benzene rings is 2. The lowest BCUT2D eigenvalue weighted by Gasteiger charge is -2.08. The van der Waals surface area contributed by atoms with Gasteiger partial charge in [0.25, 0.3) is 0 Å². The molecule has 0 aliphatic carbocycles. The zero-order valence-corrected chi connectivity index (χ0v) is 9.34. The van der Waals surface area contributed by atoms with Gasteiger partial charge in [-0.05, 0) is 23.8 Å². The molecular weight excluding hydrogens is 267 g/mol. The van der Waals surface area contributed by atoms with Gasteiger partial charge in [-0.2, -0.15) is 8.78 Å². The van der Waals surface area contributed by atoms with E-state index in [4.69, 9.17) is 0 Å². The molecule has 2 aromatic rings. The molecule has 0 radical (unpaired) electrons. The van der Waals surface area contributed by atoms with Gasteiger partial charge in [0.05, 0.1) is 0 Å². The van der Waals surface area contributed by atoms with E-state index in [0.29, 0.717) is 0 Å². The van der Waals surface area contributed by atoms with Crippen LogP contribution in [0.3, 0.4) is 0 Å². The molecule has 0 heterocycles. The van der Waals surface area contributed by atoms with Crippen molar-refractivity contribution in [2.24, 2.45) is 0 Å². The predicted molar refractivity (Wildman–Crippen MR) is 58.4 cm³/mol. The second-order valence-electron chi connectivity index (χ2n) is 3.66. The standard InChI is InChI=1S/C13H7F5O/c14-8-4-7(5-9(6-8)19-13(17)18)10-2-1-3-11(15)12(10)16/h1-6,13H. The third kappa shape index (κ3) is 3.01. The molecule has 2 aromatic carbocycles. The average Bonchev–Trinajstić information content (AvgIpc) is 2.31. The van der Waals surface area contributed by atoms with Crippen LogP contribution in [-0.4, -0.2) is 6.61 Å². The van der Waals surface area contributed by atoms with E-state index in [1.165, 1.54) is 12.1 Å². The Hall–Kier alpha value is -2.11. The van der Waals surface area contributed by atoms with Gasteiger partial charge in [-0.3, -0.25) is 0 Å². The van der Waals surface area contributed by atoms with E-state index >= 15 is 0 Å². The first-order valence-electron chi connectivity index (χ1n) is 5.17. The summed E-state index contributed by atoms with van der Waals surface area (Å²) in [5.74, 6) is -3.65. The molecule has 0 spiro atoms. The minimum absolute atomic E-state index is 0.0901. The van der Waals surface area contributed by atoms with Crippen LogP contribution in [0, 0.1) is 17.5 Å². The van der Waals surface area contributed by atoms with Gasteiger partial charge >= 0.3 is 6.61 Å². The third-order valence-corrected chi connectivity index (χ3v) is 2.36. The van der Waals surface area contributed by atoms with Crippen LogP contribution in [0.2, 0.25) is 0 Å². The Balaban J connectivity index is 2.50. The van der Waals surface area contributed by atoms with E-state index in [-0.39, 0.29) is 11.1 Å². The molecule has 0 aromatic heterocycles. The highest BCUT2D eigenvalue weighted by atomic mass is 19.3. The largest absolute Gasteiger partial charge is 0.435 e. The van der Waals surface area contributed by atoms with Gasteiger partial charge in [-0.1, -0.05) is 12.1 Å². The van der Waals surface area contributed by atoms with E-state index in [0.717, 1.165) is 24.3 Å². The second-order valence-corrected chi connectivity index (χ2v) is 3.66. The summed E-state index contributed by atoms with van der Waals surface area (Å²) >= 11 is 0. The normalized spacial score (nSPS) is 10.8. The van der Waals surface area contributed by atoms with Crippen molar-refractivity contribution in [3.8, 4) is 16.9 Å². The Labute approximate surface area is 105 Å². The van der Waals surface area contributed by atoms with Crippen molar-refractivity contribution in [3.05, 3.63) is 53.8 Å². The summed E-state index contributed by atoms with van der Waals surface area (Å²) in [6.07, 6.45) is 0. The van der Waals surface area contributed by atoms with Gasteiger partial charge in [0.2, 0.25) is 0 Å². The number of rotatable bonds is 3. The molecule has 0 amide bonds. The zero-order chi connectivity index (χ0) is 14.0. The highest BCUT2D eigenvalue weighted by Crippen LogP contribution is 2.29. The lowest BCUT2D eigenvalue weighted by atomic mass is 10.0. The smallest absolute Gasteiger partial charge is 0.387 e. The van der Waals surface area contributed by atoms with E-state index in [2.05, 4.69) is 4.74 Å². The van der Waals surface area contributed by atoms with Crippen molar-refractivity contribution in [2.45, 2.75) is 6.61 Å². The Morgan fingerprint density at radius 2 is 1.68 bits per heavy atom. The minimum atomic E-state index is -3.13. The van der Waals surface area contributed by atoms with Gasteiger partial charge in [0.15, 0.2) is 11.6 Å². The molecule has 2 rings (SSSR count). The van der Waals surface area contributed by atoms with Crippen molar-refractivity contribution in [2.75, 3.05) is 0 Å². The number of ether oxygens (including phenoxy) is 1. The number of hydrogen-bond acceptors (Lipinski definition) is 1. The Morgan fingerprint density at radius 1 is 0.947 bits per heavy atom. The summed E-state index contributed by atoms with van der Waals surface area (Å²) in [5.41, 5.74) is -0.328. The molecule has 0 N–H and O–H groups in total. The monoisotopic (exact) mass is 274 g/mol. The Morgan fingerprint density at radius 3 is 2.37 bits per heavy atom. The quantitative estimate of drug-likeness (QED) is 0.755. The zero-order valence-electron chi connectivity index (χ0n) is 9.34. The van der Waals surface area contributed by atoms with Crippen LogP contribution in [-0.2, 0) is 0 Å². The van der Waals surface area contributed by atoms with Crippen LogP contribution in [0.4, 0.5) is 22.0 Å². The molecule has 0 aliphatic rings. The van der Waals surface area contributed by atoms with E-state index in [1.807, 2.05) is 0 Å². The first kappa shape index (κ1) is 13.3. The summed E-state index contributed by atoms with van der Waals surface area (Å²) in [6, 6.07) is 5.97. The second kappa shape index (κ2) is 5.26. The summed E-state index contributed by atoms with van der Waals surface area (Å²) in [4.78, 5) is 0. The molecule has 0 fully saturated rings. The molecule has 0 aliphatic heterocycles. The highest BCUT2D eigenvalue weighted by molar-refractivity contribution is 5.66. The number of halogens is 5. The predicted octanol–water partition coefficient (Wildman–Crippen LogP) is 4.37. The molecule has 0 saturated heterocycles. The van der Waals surface area contributed by atoms with Crippen LogP contribution in [0.15, 0.2) is 36.4 Å². The van der Waals surface area contributed by atoms with Gasteiger partial charge in [-0.15, -0.1) is 0 Å². The Bertz CT molecular complexity index is 598. The van der Waals surface area contributed by atoms with Crippen LogP contribution in [0.25, 0.3) is 11.1 Å². The first-order valence-corrected chi connectivity index (χ1v) is 5.17. The lowest BCUT2D eigenvalue weighted by molar-refractivity contribution is -0.0499. The van der Waals surface area contributed by atoms with Crippen molar-refractivity contribution in [1.29, 1.82) is 0 Å². The van der Waals surface area contributed by atoms with Gasteiger partial charge in [0, 0.05) is 11.6 Å². The summed E-state index contributed by atoms with van der Waals surface area (Å²) in [5, 5.41) is 0. The van der Waals surface area contributed by atoms with Gasteiger partial charge in [0.1, 0.15) is 11.6 Å². The van der Waals surface area contributed by atoms with Crippen LogP contribution in [0.5, 0.6) is 5.75 Å². The Kier molecular flexibility index (Phi) is 3.69. The van der Waals surface area contributed by atoms with E-state index < -0.39 is 29.8 Å². The highest BCUT2D eigenvalue weighted by Gasteiger charge is 2.13. The van der Waals surface area contributed by atoms with Crippen LogP contribution in [0.1, 0.15) is 0 Å². The summed E-state index contributed by atoms with van der Waals surface area (Å²) < 4.78 is 68.0. The fraction of sp³-hybridized carbons (Fsp3) is 0.0769. The number of hydrogen-bond donors (Lipinski definition) is 0. The van der Waals surface area contributed by atoms with Crippen molar-refractivity contribution >= 4 is 0 Å². The fourth-order valence-electron chi connectivity index (χ4n) is 1.62. The molecule has 0 saturated carbocycles. The molecule has 0 atom stereocenters. The van der Waals surface area contributed by atoms with Crippen LogP contribution >= 0.6 is 0 Å². The fourth-order valence-corrected chi connectivity index (χ4v) is 1.62. The third-order valence-electron chi connectivity index (χ3n) is 2.36. The number of alkyl halides is 2. The SMILES string of the molecule is Fc1cc(OC(F)F)cc(-c2cccc(F)c2F)c1. The van der Waals surface area contributed by atoms with E-state index in [1.54, 1.807) is 0 Å². The van der Waals surface area contributed by atoms with E-state index in [9.17, 15) is 22.0 Å². The lowest BCUT2D eigenvalue weighted by Crippen LogP contribution is -2.02. The van der Waals surface area contributed by atoms with Crippen LogP contribution < -0.4 is 4.74 Å². The molecule has 100 valence electrons. The maximum atomic E-state index is 13.5. The summed E-state index contributed by atoms with van der Waals surface area (Å²) in [6.45, 7) is -3.13. The topological polar surface area (TPSA) is 9.23 Å². The molecule has 0 bridgehead atoms. The first-order chi connectivity index (χ1) is 8.97. The molecular formula is C13H7F5O.